The third-order valence-electron chi connectivity index (χ3n) is 4.83. The Morgan fingerprint density at radius 3 is 2.83 bits per heavy atom. The smallest absolute Gasteiger partial charge is 0.273 e. The lowest BCUT2D eigenvalue weighted by Crippen LogP contribution is -2.37. The van der Waals surface area contributed by atoms with Crippen LogP contribution in [0.5, 0.6) is 5.75 Å². The molecule has 2 aromatic heterocycles. The molecule has 1 N–H and O–H groups in total. The van der Waals surface area contributed by atoms with E-state index in [0.29, 0.717) is 12.3 Å². The molecule has 0 aliphatic carbocycles. The van der Waals surface area contributed by atoms with Crippen molar-refractivity contribution in [1.82, 2.24) is 20.3 Å². The first-order chi connectivity index (χ1) is 14.1. The number of benzene rings is 1. The van der Waals surface area contributed by atoms with Gasteiger partial charge in [-0.25, -0.2) is 0 Å². The van der Waals surface area contributed by atoms with Gasteiger partial charge in [0.05, 0.1) is 24.9 Å². The van der Waals surface area contributed by atoms with Gasteiger partial charge in [0.2, 0.25) is 5.91 Å². The molecule has 2 amide bonds. The normalized spacial score (nSPS) is 16.3. The number of nitrogens with zero attached hydrogens (tertiary/aromatic N) is 4. The van der Waals surface area contributed by atoms with Crippen LogP contribution in [0.1, 0.15) is 23.8 Å². The molecular weight excluding hydrogens is 374 g/mol. The fourth-order valence-electron chi connectivity index (χ4n) is 3.26. The van der Waals surface area contributed by atoms with E-state index >= 15 is 0 Å². The molecule has 1 aliphatic heterocycles. The van der Waals surface area contributed by atoms with Crippen LogP contribution in [0.25, 0.3) is 11.3 Å². The van der Waals surface area contributed by atoms with E-state index in [9.17, 15) is 9.59 Å². The number of aryl methyl sites for hydroxylation is 1. The van der Waals surface area contributed by atoms with E-state index in [0.717, 1.165) is 23.5 Å². The predicted molar refractivity (Wildman–Crippen MR) is 105 cm³/mol. The number of nitrogens with one attached hydrogen (secondary N) is 1. The van der Waals surface area contributed by atoms with Gasteiger partial charge in [-0.2, -0.15) is 5.10 Å². The zero-order chi connectivity index (χ0) is 20.4. The molecular formula is C20H21N5O4. The van der Waals surface area contributed by atoms with E-state index < -0.39 is 0 Å². The van der Waals surface area contributed by atoms with Crippen LogP contribution in [0.2, 0.25) is 0 Å². The zero-order valence-electron chi connectivity index (χ0n) is 16.2. The number of rotatable bonds is 6. The summed E-state index contributed by atoms with van der Waals surface area (Å²) in [5.74, 6) is 0.763. The summed E-state index contributed by atoms with van der Waals surface area (Å²) in [6, 6.07) is 8.51. The van der Waals surface area contributed by atoms with Crippen LogP contribution in [-0.2, 0) is 11.3 Å². The molecule has 29 heavy (non-hydrogen) atoms. The summed E-state index contributed by atoms with van der Waals surface area (Å²) in [6.45, 7) is 3.11. The van der Waals surface area contributed by atoms with Crippen LogP contribution in [0, 0.1) is 0 Å². The van der Waals surface area contributed by atoms with Crippen LogP contribution in [-0.4, -0.2) is 46.4 Å². The van der Waals surface area contributed by atoms with Gasteiger partial charge in [0.15, 0.2) is 11.5 Å². The lowest BCUT2D eigenvalue weighted by atomic mass is 10.2. The summed E-state index contributed by atoms with van der Waals surface area (Å²) < 4.78 is 12.2. The summed E-state index contributed by atoms with van der Waals surface area (Å²) in [5.41, 5.74) is 1.68. The highest BCUT2D eigenvalue weighted by Crippen LogP contribution is 2.24. The van der Waals surface area contributed by atoms with Crippen LogP contribution >= 0.6 is 0 Å². The molecule has 1 atom stereocenters. The molecule has 9 nitrogen and oxygen atoms in total. The second-order valence-corrected chi connectivity index (χ2v) is 6.74. The lowest BCUT2D eigenvalue weighted by molar-refractivity contribution is -0.117. The summed E-state index contributed by atoms with van der Waals surface area (Å²) >= 11 is 0. The molecule has 1 fully saturated rings. The number of anilines is 1. The maximum Gasteiger partial charge on any atom is 0.273 e. The largest absolute Gasteiger partial charge is 0.497 e. The maximum absolute atomic E-state index is 12.5. The topological polar surface area (TPSA) is 102 Å². The van der Waals surface area contributed by atoms with E-state index in [4.69, 9.17) is 9.26 Å². The minimum Gasteiger partial charge on any atom is -0.497 e. The molecule has 4 rings (SSSR count). The van der Waals surface area contributed by atoms with Gasteiger partial charge in [-0.05, 0) is 31.2 Å². The lowest BCUT2D eigenvalue weighted by Gasteiger charge is -2.17. The quantitative estimate of drug-likeness (QED) is 0.686. The number of amides is 2. The first kappa shape index (κ1) is 18.7. The van der Waals surface area contributed by atoms with Crippen molar-refractivity contribution in [3.05, 3.63) is 48.4 Å². The average Bonchev–Trinajstić information content (AvgIpc) is 3.47. The van der Waals surface area contributed by atoms with Gasteiger partial charge < -0.3 is 19.5 Å². The fourth-order valence-corrected chi connectivity index (χ4v) is 3.26. The van der Waals surface area contributed by atoms with E-state index in [1.807, 2.05) is 25.3 Å². The number of hydrogen-bond acceptors (Lipinski definition) is 6. The van der Waals surface area contributed by atoms with Gasteiger partial charge in [0, 0.05) is 37.5 Å². The number of methoxy groups -OCH3 is 1. The van der Waals surface area contributed by atoms with Gasteiger partial charge in [-0.3, -0.25) is 14.3 Å². The third-order valence-corrected chi connectivity index (χ3v) is 4.83. The van der Waals surface area contributed by atoms with Crippen LogP contribution in [0.4, 0.5) is 5.69 Å². The Morgan fingerprint density at radius 1 is 1.34 bits per heavy atom. The maximum atomic E-state index is 12.5. The molecule has 0 bridgehead atoms. The highest BCUT2D eigenvalue weighted by atomic mass is 16.5. The Balaban J connectivity index is 1.40. The molecule has 9 heteroatoms. The molecule has 3 aromatic rings. The Labute approximate surface area is 167 Å². The van der Waals surface area contributed by atoms with Crippen molar-refractivity contribution in [2.24, 2.45) is 0 Å². The standard InChI is InChI=1S/C20H21N5O4/c1-3-24-11-13(10-21-24)18-9-17(23-29-18)20(27)22-14-8-19(26)25(12-14)15-4-6-16(28-2)7-5-15/h4-7,9-11,14H,3,8,12H2,1-2H3,(H,22,27)/t14-/m0/s1. The van der Waals surface area contributed by atoms with Gasteiger partial charge in [-0.15, -0.1) is 0 Å². The molecule has 0 spiro atoms. The zero-order valence-corrected chi connectivity index (χ0v) is 16.2. The van der Waals surface area contributed by atoms with Crippen molar-refractivity contribution < 1.29 is 18.8 Å². The Bertz CT molecular complexity index is 1020. The Morgan fingerprint density at radius 2 is 2.14 bits per heavy atom. The molecule has 1 aromatic carbocycles. The van der Waals surface area contributed by atoms with Crippen molar-refractivity contribution >= 4 is 17.5 Å². The molecule has 1 aliphatic rings. The van der Waals surface area contributed by atoms with Crippen LogP contribution in [0.3, 0.4) is 0 Å². The van der Waals surface area contributed by atoms with Gasteiger partial charge in [0.25, 0.3) is 5.91 Å². The van der Waals surface area contributed by atoms with E-state index in [1.165, 1.54) is 0 Å². The summed E-state index contributed by atoms with van der Waals surface area (Å²) in [6.07, 6.45) is 3.71. The number of carbonyl (C=O) groups excluding carboxylic acids is 2. The van der Waals surface area contributed by atoms with E-state index in [2.05, 4.69) is 15.6 Å². The number of carbonyl (C=O) groups is 2. The molecule has 0 radical (unpaired) electrons. The van der Waals surface area contributed by atoms with E-state index in [-0.39, 0.29) is 30.0 Å². The van der Waals surface area contributed by atoms with Crippen molar-refractivity contribution in [3.8, 4) is 17.1 Å². The molecule has 0 unspecified atom stereocenters. The monoisotopic (exact) mass is 395 g/mol. The number of hydrogen-bond donors (Lipinski definition) is 1. The van der Waals surface area contributed by atoms with Gasteiger partial charge >= 0.3 is 0 Å². The van der Waals surface area contributed by atoms with Gasteiger partial charge in [0.1, 0.15) is 5.75 Å². The first-order valence-electron chi connectivity index (χ1n) is 9.32. The van der Waals surface area contributed by atoms with Gasteiger partial charge in [-0.1, -0.05) is 5.16 Å². The molecule has 1 saturated heterocycles. The highest BCUT2D eigenvalue weighted by Gasteiger charge is 2.32. The van der Waals surface area contributed by atoms with Crippen molar-refractivity contribution in [2.45, 2.75) is 25.9 Å². The summed E-state index contributed by atoms with van der Waals surface area (Å²) in [5, 5.41) is 10.9. The van der Waals surface area contributed by atoms with Crippen molar-refractivity contribution in [1.29, 1.82) is 0 Å². The SMILES string of the molecule is CCn1cc(-c2cc(C(=O)N[C@H]3CC(=O)N(c4ccc(OC)cc4)C3)no2)cn1. The second-order valence-electron chi connectivity index (χ2n) is 6.74. The Kier molecular flexibility index (Phi) is 5.03. The van der Waals surface area contributed by atoms with Crippen molar-refractivity contribution in [2.75, 3.05) is 18.6 Å². The molecule has 0 saturated carbocycles. The number of ether oxygens (including phenoxy) is 1. The minimum atomic E-state index is -0.378. The minimum absolute atomic E-state index is 0.0479. The van der Waals surface area contributed by atoms with E-state index in [1.54, 1.807) is 41.1 Å². The first-order valence-corrected chi connectivity index (χ1v) is 9.32. The fraction of sp³-hybridized carbons (Fsp3) is 0.300. The van der Waals surface area contributed by atoms with Crippen LogP contribution in [0.15, 0.2) is 47.2 Å². The third kappa shape index (κ3) is 3.84. The van der Waals surface area contributed by atoms with Crippen LogP contribution < -0.4 is 15.0 Å². The Hall–Kier alpha value is -3.62. The molecule has 3 heterocycles. The second kappa shape index (κ2) is 7.78. The summed E-state index contributed by atoms with van der Waals surface area (Å²) in [4.78, 5) is 26.6. The number of aromatic nitrogens is 3. The van der Waals surface area contributed by atoms with Crippen molar-refractivity contribution in [3.63, 3.8) is 0 Å². The summed E-state index contributed by atoms with van der Waals surface area (Å²) in [7, 11) is 1.59. The highest BCUT2D eigenvalue weighted by molar-refractivity contribution is 5.98. The predicted octanol–water partition coefficient (Wildman–Crippen LogP) is 2.10. The average molecular weight is 395 g/mol. The molecule has 150 valence electrons.